The molecule has 0 radical (unpaired) electrons. The Morgan fingerprint density at radius 1 is 0.333 bits per heavy atom. The van der Waals surface area contributed by atoms with Gasteiger partial charge in [0.15, 0.2) is 16.6 Å². The zero-order valence-electron chi connectivity index (χ0n) is 34.5. The van der Waals surface area contributed by atoms with Gasteiger partial charge in [-0.2, -0.15) is 0 Å². The van der Waals surface area contributed by atoms with E-state index in [-0.39, 0.29) is 21.7 Å². The molecule has 0 atom stereocenters. The fraction of sp³-hybridized carbons (Fsp3) is 1.00. The second-order valence-corrected chi connectivity index (χ2v) is 27.4. The number of aliphatic hydroxyl groups is 2. The summed E-state index contributed by atoms with van der Waals surface area (Å²) in [5.41, 5.74) is 4.60. The van der Waals surface area contributed by atoms with E-state index in [2.05, 4.69) is 0 Å². The third kappa shape index (κ3) is 15.5. The summed E-state index contributed by atoms with van der Waals surface area (Å²) in [5.74, 6) is 0.880. The Morgan fingerprint density at radius 2 is 0.451 bits per heavy atom. The molecule has 0 amide bonds. The SMILES string of the molecule is CC(C)CO.CC(C)CO.O[Si](C1CCCCC1)(C1CCCCC1)C1CCCCC1.O[Si](C1CCCCC1)(C1CCCCC1)C1CCCCC1.[Ti]. The number of hydrogen-bond donors (Lipinski definition) is 4. The topological polar surface area (TPSA) is 80.9 Å². The van der Waals surface area contributed by atoms with Crippen LogP contribution in [0.2, 0.25) is 33.2 Å². The Bertz CT molecular complexity index is 664. The smallest absolute Gasteiger partial charge is 0.197 e. The molecule has 4 nitrogen and oxygen atoms in total. The second kappa shape index (κ2) is 26.8. The molecule has 6 aliphatic carbocycles. The maximum atomic E-state index is 12.0. The van der Waals surface area contributed by atoms with E-state index in [9.17, 15) is 9.59 Å². The average molecular weight is 785 g/mol. The van der Waals surface area contributed by atoms with Crippen LogP contribution in [-0.2, 0) is 21.7 Å². The monoisotopic (exact) mass is 785 g/mol. The quantitative estimate of drug-likeness (QED) is 0.185. The van der Waals surface area contributed by atoms with Crippen LogP contribution in [0.4, 0.5) is 0 Å². The van der Waals surface area contributed by atoms with Crippen LogP contribution in [0.15, 0.2) is 0 Å². The number of aliphatic hydroxyl groups excluding tert-OH is 2. The van der Waals surface area contributed by atoms with Crippen molar-refractivity contribution in [1.82, 2.24) is 0 Å². The van der Waals surface area contributed by atoms with Crippen molar-refractivity contribution >= 4 is 16.6 Å². The van der Waals surface area contributed by atoms with Gasteiger partial charge >= 0.3 is 0 Å². The minimum absolute atomic E-state index is 0. The minimum Gasteiger partial charge on any atom is -0.431 e. The van der Waals surface area contributed by atoms with Crippen molar-refractivity contribution < 1.29 is 41.5 Å². The van der Waals surface area contributed by atoms with Gasteiger partial charge in [0, 0.05) is 34.9 Å². The third-order valence-electron chi connectivity index (χ3n) is 14.3. The first-order valence-electron chi connectivity index (χ1n) is 22.8. The average Bonchev–Trinajstić information content (AvgIpc) is 3.20. The predicted molar refractivity (Wildman–Crippen MR) is 221 cm³/mol. The Balaban J connectivity index is 0.000000276. The van der Waals surface area contributed by atoms with Crippen LogP contribution in [0, 0.1) is 11.8 Å². The van der Waals surface area contributed by atoms with Gasteiger partial charge in [0.1, 0.15) is 0 Å². The van der Waals surface area contributed by atoms with Gasteiger partial charge in [-0.1, -0.05) is 220 Å². The largest absolute Gasteiger partial charge is 0.431 e. The standard InChI is InChI=1S/2C18H34OSi.2C4H10O.Ti/c2*19-20(16-10-4-1-5-11-16,17-12-6-2-7-13-17)18-14-8-3-9-15-18;2*1-4(2)3-5;/h2*16-19H,1-15H2;2*4-5H,3H2,1-2H3;. The van der Waals surface area contributed by atoms with Crippen molar-refractivity contribution in [3.8, 4) is 0 Å². The van der Waals surface area contributed by atoms with Gasteiger partial charge in [0.2, 0.25) is 0 Å². The van der Waals surface area contributed by atoms with Crippen LogP contribution >= 0.6 is 0 Å². The Hall–Kier alpha value is 0.988. The number of rotatable bonds is 8. The fourth-order valence-electron chi connectivity index (χ4n) is 11.4. The van der Waals surface area contributed by atoms with Crippen LogP contribution in [0.25, 0.3) is 0 Å². The van der Waals surface area contributed by atoms with Gasteiger partial charge in [-0.15, -0.1) is 0 Å². The molecule has 6 aliphatic rings. The fourth-order valence-corrected chi connectivity index (χ4v) is 23.4. The van der Waals surface area contributed by atoms with Crippen molar-refractivity contribution in [2.45, 2.75) is 254 Å². The zero-order chi connectivity index (χ0) is 36.2. The molecule has 0 aromatic rings. The summed E-state index contributed by atoms with van der Waals surface area (Å²) < 4.78 is 0. The summed E-state index contributed by atoms with van der Waals surface area (Å²) >= 11 is 0. The molecule has 0 aromatic heterocycles. The molecular formula is C44H88O4Si2Ti. The van der Waals surface area contributed by atoms with Gasteiger partial charge in [-0.3, -0.25) is 0 Å². The molecule has 4 N–H and O–H groups in total. The summed E-state index contributed by atoms with van der Waals surface area (Å²) in [5, 5.41) is 16.3. The van der Waals surface area contributed by atoms with Gasteiger partial charge in [-0.05, 0) is 45.1 Å². The summed E-state index contributed by atoms with van der Waals surface area (Å²) in [7, 11) is -4.09. The maximum absolute atomic E-state index is 12.0. The molecular weight excluding hydrogens is 697 g/mol. The third-order valence-corrected chi connectivity index (χ3v) is 25.6. The van der Waals surface area contributed by atoms with Crippen LogP contribution in [0.5, 0.6) is 0 Å². The van der Waals surface area contributed by atoms with E-state index < -0.39 is 16.6 Å². The van der Waals surface area contributed by atoms with E-state index in [1.54, 1.807) is 0 Å². The molecule has 0 saturated heterocycles. The van der Waals surface area contributed by atoms with Crippen molar-refractivity contribution in [3.63, 3.8) is 0 Å². The first kappa shape index (κ1) is 48.1. The second-order valence-electron chi connectivity index (χ2n) is 18.9. The Morgan fingerprint density at radius 3 is 0.549 bits per heavy atom. The van der Waals surface area contributed by atoms with Crippen LogP contribution in [0.3, 0.4) is 0 Å². The van der Waals surface area contributed by atoms with Crippen LogP contribution in [-0.4, -0.2) is 49.7 Å². The normalized spacial score (nSPS) is 24.4. The molecule has 0 aliphatic heterocycles. The first-order chi connectivity index (χ1) is 24.2. The van der Waals surface area contributed by atoms with Gasteiger partial charge in [0.25, 0.3) is 0 Å². The molecule has 0 unspecified atom stereocenters. The van der Waals surface area contributed by atoms with E-state index >= 15 is 0 Å². The Kier molecular flexibility index (Phi) is 25.3. The molecule has 6 fully saturated rings. The maximum Gasteiger partial charge on any atom is 0.197 e. The van der Waals surface area contributed by atoms with E-state index in [0.29, 0.717) is 25.0 Å². The van der Waals surface area contributed by atoms with E-state index in [1.807, 2.05) is 27.7 Å². The van der Waals surface area contributed by atoms with Gasteiger partial charge in [0.05, 0.1) is 0 Å². The summed E-state index contributed by atoms with van der Waals surface area (Å²) in [6.45, 7) is 8.50. The van der Waals surface area contributed by atoms with Crippen LogP contribution < -0.4 is 0 Å². The summed E-state index contributed by atoms with van der Waals surface area (Å²) in [4.78, 5) is 24.0. The zero-order valence-corrected chi connectivity index (χ0v) is 38.1. The molecule has 300 valence electrons. The summed E-state index contributed by atoms with van der Waals surface area (Å²) in [6.07, 6.45) is 41.8. The Labute approximate surface area is 335 Å². The summed E-state index contributed by atoms with van der Waals surface area (Å²) in [6, 6.07) is 0. The van der Waals surface area contributed by atoms with Crippen molar-refractivity contribution in [1.29, 1.82) is 0 Å². The molecule has 7 heteroatoms. The first-order valence-corrected chi connectivity index (χ1v) is 27.2. The molecule has 6 rings (SSSR count). The van der Waals surface area contributed by atoms with Crippen molar-refractivity contribution in [2.24, 2.45) is 11.8 Å². The molecule has 0 bridgehead atoms. The van der Waals surface area contributed by atoms with E-state index in [1.165, 1.54) is 193 Å². The van der Waals surface area contributed by atoms with E-state index in [0.717, 1.165) is 33.2 Å². The van der Waals surface area contributed by atoms with Crippen molar-refractivity contribution in [3.05, 3.63) is 0 Å². The molecule has 0 spiro atoms. The molecule has 0 aromatic carbocycles. The molecule has 51 heavy (non-hydrogen) atoms. The predicted octanol–water partition coefficient (Wildman–Crippen LogP) is 13.1. The number of hydrogen-bond acceptors (Lipinski definition) is 4. The van der Waals surface area contributed by atoms with E-state index in [4.69, 9.17) is 10.2 Å². The molecule has 6 saturated carbocycles. The molecule has 0 heterocycles. The minimum atomic E-state index is -2.05. The van der Waals surface area contributed by atoms with Crippen LogP contribution in [0.1, 0.15) is 220 Å². The van der Waals surface area contributed by atoms with Crippen molar-refractivity contribution in [2.75, 3.05) is 13.2 Å². The van der Waals surface area contributed by atoms with Gasteiger partial charge < -0.3 is 19.8 Å². The van der Waals surface area contributed by atoms with Gasteiger partial charge in [-0.25, -0.2) is 0 Å².